The van der Waals surface area contributed by atoms with E-state index in [2.05, 4.69) is 15.3 Å². The summed E-state index contributed by atoms with van der Waals surface area (Å²) in [7, 11) is 0. The molecule has 1 atom stereocenters. The summed E-state index contributed by atoms with van der Waals surface area (Å²) in [6, 6.07) is 1.49. The van der Waals surface area contributed by atoms with Crippen LogP contribution in [0.5, 0.6) is 0 Å². The number of nitrogens with two attached hydrogens (primary N) is 1. The molecule has 0 saturated heterocycles. The zero-order valence-electron chi connectivity index (χ0n) is 8.40. The fraction of sp³-hybridized carbons (Fsp3) is 0.444. The van der Waals surface area contributed by atoms with Gasteiger partial charge in [0.2, 0.25) is 5.91 Å². The van der Waals surface area contributed by atoms with E-state index in [1.54, 1.807) is 0 Å². The van der Waals surface area contributed by atoms with Crippen LogP contribution in [-0.4, -0.2) is 22.4 Å². The average Bonchev–Trinajstić information content (AvgIpc) is 2.17. The fourth-order valence-electron chi connectivity index (χ4n) is 0.996. The number of anilines is 1. The van der Waals surface area contributed by atoms with Crippen LogP contribution >= 0.6 is 11.6 Å². The second-order valence-corrected chi connectivity index (χ2v) is 3.71. The topological polar surface area (TPSA) is 80.9 Å². The van der Waals surface area contributed by atoms with Gasteiger partial charge in [0.15, 0.2) is 0 Å². The SMILES string of the molecule is CC(CN)CC(=O)Nc1cc(Cl)ncn1. The summed E-state index contributed by atoms with van der Waals surface area (Å²) in [4.78, 5) is 19.0. The van der Waals surface area contributed by atoms with Crippen molar-refractivity contribution in [3.8, 4) is 0 Å². The standard InChI is InChI=1S/C9H13ClN4O/c1-6(4-11)2-9(15)14-8-3-7(10)12-5-13-8/h3,5-6H,2,4,11H2,1H3,(H,12,13,14,15). The molecule has 82 valence electrons. The van der Waals surface area contributed by atoms with Crippen molar-refractivity contribution in [2.24, 2.45) is 11.7 Å². The van der Waals surface area contributed by atoms with E-state index in [0.717, 1.165) is 0 Å². The Kier molecular flexibility index (Phi) is 4.45. The Morgan fingerprint density at radius 3 is 3.00 bits per heavy atom. The molecule has 0 aromatic carbocycles. The molecule has 0 fully saturated rings. The first-order chi connectivity index (χ1) is 7.11. The molecule has 0 spiro atoms. The molecule has 1 rings (SSSR count). The van der Waals surface area contributed by atoms with Gasteiger partial charge in [0, 0.05) is 12.5 Å². The molecular formula is C9H13ClN4O. The van der Waals surface area contributed by atoms with Crippen molar-refractivity contribution >= 4 is 23.3 Å². The number of hydrogen-bond donors (Lipinski definition) is 2. The Balaban J connectivity index is 2.51. The van der Waals surface area contributed by atoms with E-state index in [0.29, 0.717) is 23.9 Å². The van der Waals surface area contributed by atoms with Gasteiger partial charge in [-0.25, -0.2) is 9.97 Å². The van der Waals surface area contributed by atoms with Crippen LogP contribution in [0.3, 0.4) is 0 Å². The Labute approximate surface area is 93.0 Å². The van der Waals surface area contributed by atoms with Gasteiger partial charge in [0.05, 0.1) is 0 Å². The molecule has 0 aliphatic carbocycles. The van der Waals surface area contributed by atoms with Crippen molar-refractivity contribution in [3.63, 3.8) is 0 Å². The minimum atomic E-state index is -0.122. The normalized spacial score (nSPS) is 12.2. The van der Waals surface area contributed by atoms with Gasteiger partial charge in [-0.3, -0.25) is 4.79 Å². The Morgan fingerprint density at radius 2 is 2.40 bits per heavy atom. The summed E-state index contributed by atoms with van der Waals surface area (Å²) in [5, 5.41) is 2.92. The van der Waals surface area contributed by atoms with E-state index in [-0.39, 0.29) is 11.8 Å². The van der Waals surface area contributed by atoms with Gasteiger partial charge >= 0.3 is 0 Å². The molecular weight excluding hydrogens is 216 g/mol. The van der Waals surface area contributed by atoms with E-state index >= 15 is 0 Å². The average molecular weight is 229 g/mol. The molecule has 3 N–H and O–H groups in total. The molecule has 15 heavy (non-hydrogen) atoms. The second kappa shape index (κ2) is 5.63. The van der Waals surface area contributed by atoms with Crippen LogP contribution < -0.4 is 11.1 Å². The Hall–Kier alpha value is -1.20. The molecule has 1 heterocycles. The first-order valence-corrected chi connectivity index (χ1v) is 4.97. The van der Waals surface area contributed by atoms with Crippen LogP contribution in [0.15, 0.2) is 12.4 Å². The molecule has 0 aliphatic rings. The molecule has 0 bridgehead atoms. The van der Waals surface area contributed by atoms with Crippen molar-refractivity contribution in [1.29, 1.82) is 0 Å². The number of rotatable bonds is 4. The van der Waals surface area contributed by atoms with Crippen LogP contribution in [0.4, 0.5) is 5.82 Å². The first-order valence-electron chi connectivity index (χ1n) is 4.59. The highest BCUT2D eigenvalue weighted by atomic mass is 35.5. The molecule has 0 aliphatic heterocycles. The fourth-order valence-corrected chi connectivity index (χ4v) is 1.14. The number of nitrogens with one attached hydrogen (secondary N) is 1. The van der Waals surface area contributed by atoms with Crippen molar-refractivity contribution in [2.75, 3.05) is 11.9 Å². The van der Waals surface area contributed by atoms with Gasteiger partial charge in [-0.1, -0.05) is 18.5 Å². The lowest BCUT2D eigenvalue weighted by Gasteiger charge is -2.08. The monoisotopic (exact) mass is 228 g/mol. The molecule has 1 unspecified atom stereocenters. The second-order valence-electron chi connectivity index (χ2n) is 3.32. The lowest BCUT2D eigenvalue weighted by molar-refractivity contribution is -0.116. The van der Waals surface area contributed by atoms with E-state index in [1.165, 1.54) is 12.4 Å². The summed E-state index contributed by atoms with van der Waals surface area (Å²) in [6.07, 6.45) is 1.67. The minimum absolute atomic E-state index is 0.122. The number of carbonyl (C=O) groups excluding carboxylic acids is 1. The van der Waals surface area contributed by atoms with Gasteiger partial charge in [-0.15, -0.1) is 0 Å². The van der Waals surface area contributed by atoms with Crippen LogP contribution in [0, 0.1) is 5.92 Å². The van der Waals surface area contributed by atoms with Crippen LogP contribution in [0.2, 0.25) is 5.15 Å². The predicted molar refractivity (Wildman–Crippen MR) is 58.5 cm³/mol. The van der Waals surface area contributed by atoms with Gasteiger partial charge in [-0.2, -0.15) is 0 Å². The maximum atomic E-state index is 11.4. The summed E-state index contributed by atoms with van der Waals surface area (Å²) < 4.78 is 0. The first kappa shape index (κ1) is 11.9. The summed E-state index contributed by atoms with van der Waals surface area (Å²) >= 11 is 5.64. The molecule has 1 aromatic heterocycles. The number of nitrogens with zero attached hydrogens (tertiary/aromatic N) is 2. The maximum absolute atomic E-state index is 11.4. The third-order valence-corrected chi connectivity index (χ3v) is 2.04. The molecule has 1 amide bonds. The van der Waals surface area contributed by atoms with Gasteiger partial charge < -0.3 is 11.1 Å². The smallest absolute Gasteiger partial charge is 0.225 e. The number of amides is 1. The van der Waals surface area contributed by atoms with Crippen LogP contribution in [-0.2, 0) is 4.79 Å². The Morgan fingerprint density at radius 1 is 1.67 bits per heavy atom. The van der Waals surface area contributed by atoms with Crippen molar-refractivity contribution in [3.05, 3.63) is 17.5 Å². The summed E-state index contributed by atoms with van der Waals surface area (Å²) in [5.74, 6) is 0.439. The summed E-state index contributed by atoms with van der Waals surface area (Å²) in [6.45, 7) is 2.39. The van der Waals surface area contributed by atoms with Crippen LogP contribution in [0.1, 0.15) is 13.3 Å². The van der Waals surface area contributed by atoms with Crippen LogP contribution in [0.25, 0.3) is 0 Å². The molecule has 5 nitrogen and oxygen atoms in total. The van der Waals surface area contributed by atoms with Gasteiger partial charge in [0.1, 0.15) is 17.3 Å². The van der Waals surface area contributed by atoms with Gasteiger partial charge in [0.25, 0.3) is 0 Å². The molecule has 6 heteroatoms. The lowest BCUT2D eigenvalue weighted by atomic mass is 10.1. The van der Waals surface area contributed by atoms with Crippen molar-refractivity contribution in [1.82, 2.24) is 9.97 Å². The zero-order valence-corrected chi connectivity index (χ0v) is 9.16. The van der Waals surface area contributed by atoms with E-state index in [4.69, 9.17) is 17.3 Å². The quantitative estimate of drug-likeness (QED) is 0.755. The molecule has 0 radical (unpaired) electrons. The highest BCUT2D eigenvalue weighted by Crippen LogP contribution is 2.09. The number of halogens is 1. The van der Waals surface area contributed by atoms with Crippen molar-refractivity contribution in [2.45, 2.75) is 13.3 Å². The van der Waals surface area contributed by atoms with E-state index in [1.807, 2.05) is 6.92 Å². The highest BCUT2D eigenvalue weighted by molar-refractivity contribution is 6.29. The van der Waals surface area contributed by atoms with E-state index in [9.17, 15) is 4.79 Å². The predicted octanol–water partition coefficient (Wildman–Crippen LogP) is 1.05. The third kappa shape index (κ3) is 4.22. The van der Waals surface area contributed by atoms with Crippen molar-refractivity contribution < 1.29 is 4.79 Å². The number of aromatic nitrogens is 2. The number of carbonyl (C=O) groups is 1. The zero-order chi connectivity index (χ0) is 11.3. The lowest BCUT2D eigenvalue weighted by Crippen LogP contribution is -2.20. The molecule has 1 aromatic rings. The highest BCUT2D eigenvalue weighted by Gasteiger charge is 2.08. The van der Waals surface area contributed by atoms with Gasteiger partial charge in [-0.05, 0) is 12.5 Å². The molecule has 0 saturated carbocycles. The van der Waals surface area contributed by atoms with E-state index < -0.39 is 0 Å². The minimum Gasteiger partial charge on any atom is -0.330 e. The largest absolute Gasteiger partial charge is 0.330 e. The summed E-state index contributed by atoms with van der Waals surface area (Å²) in [5.41, 5.74) is 5.41. The Bertz CT molecular complexity index is 345. The third-order valence-electron chi connectivity index (χ3n) is 1.84. The number of hydrogen-bond acceptors (Lipinski definition) is 4. The maximum Gasteiger partial charge on any atom is 0.225 e.